The number of halogens is 3. The molecular formula is C5H5F3N2O. The maximum atomic E-state index is 11.5. The molecule has 3 nitrogen and oxygen atoms in total. The van der Waals surface area contributed by atoms with E-state index in [4.69, 9.17) is 0 Å². The van der Waals surface area contributed by atoms with E-state index < -0.39 is 12.4 Å². The van der Waals surface area contributed by atoms with Crippen LogP contribution in [0.1, 0.15) is 0 Å². The third-order valence-corrected chi connectivity index (χ3v) is 1.02. The van der Waals surface area contributed by atoms with Gasteiger partial charge in [0.1, 0.15) is 6.54 Å². The first-order valence-corrected chi connectivity index (χ1v) is 2.76. The van der Waals surface area contributed by atoms with E-state index in [-0.39, 0.29) is 6.54 Å². The molecule has 6 heteroatoms. The molecule has 0 unspecified atom stereocenters. The van der Waals surface area contributed by atoms with Crippen molar-refractivity contribution in [1.82, 2.24) is 4.90 Å². The maximum Gasteiger partial charge on any atom is 0.575 e. The highest BCUT2D eigenvalue weighted by Crippen LogP contribution is 2.19. The topological polar surface area (TPSA) is 24.8 Å². The first-order valence-electron chi connectivity index (χ1n) is 2.76. The molecule has 1 aliphatic heterocycles. The van der Waals surface area contributed by atoms with Gasteiger partial charge >= 0.3 is 6.36 Å². The quantitative estimate of drug-likeness (QED) is 0.533. The smallest absolute Gasteiger partial charge is 0.373 e. The predicted molar refractivity (Wildman–Crippen MR) is 30.4 cm³/mol. The van der Waals surface area contributed by atoms with Crippen LogP contribution < -0.4 is 0 Å². The molecule has 2 radical (unpaired) electrons. The molecule has 0 bridgehead atoms. The summed E-state index contributed by atoms with van der Waals surface area (Å²) in [6, 6.07) is -0.461. The van der Waals surface area contributed by atoms with Gasteiger partial charge < -0.3 is 9.64 Å². The molecule has 0 aliphatic carbocycles. The summed E-state index contributed by atoms with van der Waals surface area (Å²) in [5.41, 5.74) is 0. The fourth-order valence-corrected chi connectivity index (χ4v) is 0.587. The number of ether oxygens (including phenoxy) is 1. The van der Waals surface area contributed by atoms with Crippen LogP contribution in [0.2, 0.25) is 0 Å². The molecule has 0 aromatic rings. The van der Waals surface area contributed by atoms with E-state index in [0.29, 0.717) is 0 Å². The number of rotatable bonds is 0. The summed E-state index contributed by atoms with van der Waals surface area (Å²) in [5, 5.41) is 0. The molecule has 1 rings (SSSR count). The lowest BCUT2D eigenvalue weighted by molar-refractivity contribution is -0.286. The molecule has 0 aromatic heterocycles. The number of hydrogen-bond acceptors (Lipinski definition) is 3. The maximum absolute atomic E-state index is 11.5. The largest absolute Gasteiger partial charge is 0.575 e. The molecule has 1 heterocycles. The molecular weight excluding hydrogens is 161 g/mol. The number of likely N-dealkylation sites (N-methyl/N-ethyl adjacent to an activating group) is 1. The second-order valence-corrected chi connectivity index (χ2v) is 1.86. The molecule has 0 saturated heterocycles. The van der Waals surface area contributed by atoms with Crippen molar-refractivity contribution < 1.29 is 17.9 Å². The standard InChI is InChI=1S/C5H5F3N2O/c1-10-3-2-9-4(10)11-5(6,7)8/h2H2,1H3. The van der Waals surface area contributed by atoms with Crippen molar-refractivity contribution >= 4 is 6.02 Å². The van der Waals surface area contributed by atoms with Gasteiger partial charge in [-0.25, -0.2) is 4.99 Å². The summed E-state index contributed by atoms with van der Waals surface area (Å²) in [6.07, 6.45) is -4.67. The Morgan fingerprint density at radius 3 is 2.64 bits per heavy atom. The lowest BCUT2D eigenvalue weighted by Crippen LogP contribution is -2.28. The summed E-state index contributed by atoms with van der Waals surface area (Å²) in [4.78, 5) is 4.45. The monoisotopic (exact) mass is 166 g/mol. The minimum Gasteiger partial charge on any atom is -0.373 e. The minimum atomic E-state index is -4.67. The third kappa shape index (κ3) is 2.28. The van der Waals surface area contributed by atoms with E-state index in [9.17, 15) is 13.2 Å². The van der Waals surface area contributed by atoms with Crippen LogP contribution in [0, 0.1) is 6.54 Å². The van der Waals surface area contributed by atoms with E-state index in [2.05, 4.69) is 16.3 Å². The first kappa shape index (κ1) is 8.16. The zero-order valence-electron chi connectivity index (χ0n) is 5.64. The van der Waals surface area contributed by atoms with Crippen molar-refractivity contribution in [3.63, 3.8) is 0 Å². The highest BCUT2D eigenvalue weighted by molar-refractivity contribution is 5.76. The van der Waals surface area contributed by atoms with Crippen molar-refractivity contribution in [2.24, 2.45) is 4.99 Å². The Balaban J connectivity index is 2.49. The van der Waals surface area contributed by atoms with Crippen LogP contribution >= 0.6 is 0 Å². The van der Waals surface area contributed by atoms with Gasteiger partial charge in [0.05, 0.1) is 6.54 Å². The summed E-state index contributed by atoms with van der Waals surface area (Å²) < 4.78 is 38.1. The van der Waals surface area contributed by atoms with E-state index in [1.54, 1.807) is 0 Å². The zero-order valence-corrected chi connectivity index (χ0v) is 5.64. The van der Waals surface area contributed by atoms with Crippen LogP contribution in [0.15, 0.2) is 4.99 Å². The number of aliphatic imine (C=N–C) groups is 1. The first-order chi connectivity index (χ1) is 4.99. The lowest BCUT2D eigenvalue weighted by Gasteiger charge is -2.14. The summed E-state index contributed by atoms with van der Waals surface area (Å²) >= 11 is 0. The Hall–Kier alpha value is -0.940. The molecule has 0 spiro atoms. The fraction of sp³-hybridized carbons (Fsp3) is 0.600. The SMILES string of the molecule is CN1[C]CN=C1OC(F)(F)F. The van der Waals surface area contributed by atoms with Crippen molar-refractivity contribution in [2.75, 3.05) is 13.6 Å². The van der Waals surface area contributed by atoms with Crippen LogP contribution in [0.25, 0.3) is 0 Å². The Kier molecular flexibility index (Phi) is 1.92. The summed E-state index contributed by atoms with van der Waals surface area (Å²) in [5.74, 6) is 0. The van der Waals surface area contributed by atoms with Gasteiger partial charge in [0.25, 0.3) is 6.02 Å². The average Bonchev–Trinajstić information content (AvgIpc) is 2.12. The van der Waals surface area contributed by atoms with Crippen molar-refractivity contribution in [2.45, 2.75) is 6.36 Å². The van der Waals surface area contributed by atoms with Gasteiger partial charge in [-0.2, -0.15) is 0 Å². The molecule has 11 heavy (non-hydrogen) atoms. The predicted octanol–water partition coefficient (Wildman–Crippen LogP) is 0.863. The molecule has 0 amide bonds. The Morgan fingerprint density at radius 1 is 1.64 bits per heavy atom. The zero-order chi connectivity index (χ0) is 8.48. The Labute approximate surface area is 61.5 Å². The number of amidine groups is 1. The second-order valence-electron chi connectivity index (χ2n) is 1.86. The fourth-order valence-electron chi connectivity index (χ4n) is 0.587. The van der Waals surface area contributed by atoms with Crippen molar-refractivity contribution in [3.8, 4) is 0 Å². The van der Waals surface area contributed by atoms with Crippen molar-refractivity contribution in [3.05, 3.63) is 6.54 Å². The molecule has 0 fully saturated rings. The normalized spacial score (nSPS) is 18.5. The molecule has 0 saturated carbocycles. The van der Waals surface area contributed by atoms with Crippen molar-refractivity contribution in [1.29, 1.82) is 0 Å². The van der Waals surface area contributed by atoms with Crippen LogP contribution in [0.4, 0.5) is 13.2 Å². The molecule has 0 N–H and O–H groups in total. The van der Waals surface area contributed by atoms with E-state index >= 15 is 0 Å². The van der Waals surface area contributed by atoms with E-state index in [1.165, 1.54) is 7.05 Å². The Morgan fingerprint density at radius 2 is 2.27 bits per heavy atom. The van der Waals surface area contributed by atoms with Gasteiger partial charge in [-0.15, -0.1) is 13.2 Å². The van der Waals surface area contributed by atoms with Gasteiger partial charge in [0, 0.05) is 7.05 Å². The molecule has 0 atom stereocenters. The van der Waals surface area contributed by atoms with Gasteiger partial charge in [-0.05, 0) is 0 Å². The van der Waals surface area contributed by atoms with Gasteiger partial charge in [0.2, 0.25) is 0 Å². The molecule has 0 aromatic carbocycles. The average molecular weight is 166 g/mol. The van der Waals surface area contributed by atoms with E-state index in [1.807, 2.05) is 0 Å². The third-order valence-electron chi connectivity index (χ3n) is 1.02. The minimum absolute atomic E-state index is 0.113. The summed E-state index contributed by atoms with van der Waals surface area (Å²) in [6.45, 7) is 2.61. The second kappa shape index (κ2) is 2.60. The number of hydrogen-bond donors (Lipinski definition) is 0. The van der Waals surface area contributed by atoms with Crippen LogP contribution in [0.5, 0.6) is 0 Å². The summed E-state index contributed by atoms with van der Waals surface area (Å²) in [7, 11) is 1.39. The highest BCUT2D eigenvalue weighted by Gasteiger charge is 2.35. The molecule has 62 valence electrons. The van der Waals surface area contributed by atoms with Crippen LogP contribution in [-0.2, 0) is 4.74 Å². The van der Waals surface area contributed by atoms with Crippen LogP contribution in [0.3, 0.4) is 0 Å². The molecule has 1 aliphatic rings. The number of nitrogens with zero attached hydrogens (tertiary/aromatic N) is 2. The number of alkyl halides is 3. The van der Waals surface area contributed by atoms with Gasteiger partial charge in [-0.1, -0.05) is 0 Å². The lowest BCUT2D eigenvalue weighted by atomic mass is 10.6. The van der Waals surface area contributed by atoms with Crippen LogP contribution in [-0.4, -0.2) is 30.9 Å². The van der Waals surface area contributed by atoms with Gasteiger partial charge in [0.15, 0.2) is 0 Å². The highest BCUT2D eigenvalue weighted by atomic mass is 19.4. The van der Waals surface area contributed by atoms with E-state index in [0.717, 1.165) is 4.90 Å². The van der Waals surface area contributed by atoms with Gasteiger partial charge in [-0.3, -0.25) is 0 Å². The Bertz CT molecular complexity index is 177.